The van der Waals surface area contributed by atoms with E-state index < -0.39 is 6.16 Å². The standard InChI is InChI=1S/C23H42O3/c1-4-6-8-18-25-22(24)26-23(3)16-14-21(15-17-23)20-12-10-19(11-13-20)9-7-5-2/h19-21H,4-18H2,1-3H3. The van der Waals surface area contributed by atoms with Crippen molar-refractivity contribution in [3.05, 3.63) is 0 Å². The lowest BCUT2D eigenvalue weighted by molar-refractivity contribution is -0.0567. The molecule has 0 spiro atoms. The third-order valence-corrected chi connectivity index (χ3v) is 6.91. The largest absolute Gasteiger partial charge is 0.508 e. The zero-order valence-corrected chi connectivity index (χ0v) is 17.6. The predicted molar refractivity (Wildman–Crippen MR) is 107 cm³/mol. The molecule has 26 heavy (non-hydrogen) atoms. The van der Waals surface area contributed by atoms with Crippen LogP contribution in [0.4, 0.5) is 4.79 Å². The monoisotopic (exact) mass is 366 g/mol. The molecule has 0 N–H and O–H groups in total. The summed E-state index contributed by atoms with van der Waals surface area (Å²) in [5.74, 6) is 2.75. The van der Waals surface area contributed by atoms with Gasteiger partial charge < -0.3 is 9.47 Å². The molecule has 0 radical (unpaired) electrons. The van der Waals surface area contributed by atoms with Crippen LogP contribution < -0.4 is 0 Å². The highest BCUT2D eigenvalue weighted by molar-refractivity contribution is 5.60. The normalized spacial score (nSPS) is 32.2. The summed E-state index contributed by atoms with van der Waals surface area (Å²) in [5.41, 5.74) is -0.309. The molecule has 2 aliphatic rings. The predicted octanol–water partition coefficient (Wildman–Crippen LogP) is 7.28. The van der Waals surface area contributed by atoms with Gasteiger partial charge in [-0.05, 0) is 69.6 Å². The fourth-order valence-corrected chi connectivity index (χ4v) is 5.00. The minimum Gasteiger partial charge on any atom is -0.434 e. The second-order valence-corrected chi connectivity index (χ2v) is 9.12. The molecule has 152 valence electrons. The molecule has 0 aromatic carbocycles. The second-order valence-electron chi connectivity index (χ2n) is 9.12. The van der Waals surface area contributed by atoms with Gasteiger partial charge in [0.15, 0.2) is 0 Å². The first-order chi connectivity index (χ1) is 12.6. The highest BCUT2D eigenvalue weighted by atomic mass is 16.7. The van der Waals surface area contributed by atoms with E-state index in [2.05, 4.69) is 20.8 Å². The van der Waals surface area contributed by atoms with Crippen LogP contribution in [0.25, 0.3) is 0 Å². The summed E-state index contributed by atoms with van der Waals surface area (Å²) in [6.07, 6.45) is 17.1. The van der Waals surface area contributed by atoms with Gasteiger partial charge in [-0.25, -0.2) is 4.79 Å². The van der Waals surface area contributed by atoms with Crippen molar-refractivity contribution in [3.8, 4) is 0 Å². The molecule has 0 aromatic heterocycles. The summed E-state index contributed by atoms with van der Waals surface area (Å²) >= 11 is 0. The Hall–Kier alpha value is -0.730. The van der Waals surface area contributed by atoms with E-state index in [9.17, 15) is 4.79 Å². The van der Waals surface area contributed by atoms with Crippen LogP contribution in [0, 0.1) is 17.8 Å². The minimum atomic E-state index is -0.460. The van der Waals surface area contributed by atoms with Gasteiger partial charge in [-0.3, -0.25) is 0 Å². The van der Waals surface area contributed by atoms with Crippen molar-refractivity contribution >= 4 is 6.16 Å². The molecule has 3 heteroatoms. The lowest BCUT2D eigenvalue weighted by Crippen LogP contribution is -2.38. The second kappa shape index (κ2) is 11.2. The zero-order valence-electron chi connectivity index (χ0n) is 17.6. The molecule has 0 aromatic rings. The number of ether oxygens (including phenoxy) is 2. The molecule has 0 atom stereocenters. The average Bonchev–Trinajstić information content (AvgIpc) is 2.64. The first kappa shape index (κ1) is 21.6. The topological polar surface area (TPSA) is 35.5 Å². The van der Waals surface area contributed by atoms with Gasteiger partial charge in [0, 0.05) is 0 Å². The van der Waals surface area contributed by atoms with Crippen molar-refractivity contribution in [2.75, 3.05) is 6.61 Å². The molecule has 2 rings (SSSR count). The number of hydrogen-bond donors (Lipinski definition) is 0. The van der Waals surface area contributed by atoms with Gasteiger partial charge in [0.1, 0.15) is 5.60 Å². The molecule has 0 aliphatic heterocycles. The van der Waals surface area contributed by atoms with E-state index >= 15 is 0 Å². The summed E-state index contributed by atoms with van der Waals surface area (Å²) in [5, 5.41) is 0. The molecule has 3 nitrogen and oxygen atoms in total. The first-order valence-corrected chi connectivity index (χ1v) is 11.4. The Morgan fingerprint density at radius 3 is 2.12 bits per heavy atom. The third kappa shape index (κ3) is 7.12. The number of carbonyl (C=O) groups is 1. The van der Waals surface area contributed by atoms with Crippen LogP contribution in [0.15, 0.2) is 0 Å². The quantitative estimate of drug-likeness (QED) is 0.318. The van der Waals surface area contributed by atoms with Crippen LogP contribution in [0.5, 0.6) is 0 Å². The molecule has 0 unspecified atom stereocenters. The van der Waals surface area contributed by atoms with Crippen LogP contribution in [0.2, 0.25) is 0 Å². The molecule has 0 saturated heterocycles. The highest BCUT2D eigenvalue weighted by Crippen LogP contribution is 2.44. The zero-order chi connectivity index (χ0) is 18.8. The van der Waals surface area contributed by atoms with Gasteiger partial charge in [0.25, 0.3) is 0 Å². The van der Waals surface area contributed by atoms with Crippen molar-refractivity contribution in [1.82, 2.24) is 0 Å². The van der Waals surface area contributed by atoms with E-state index in [1.807, 2.05) is 0 Å². The van der Waals surface area contributed by atoms with Gasteiger partial charge >= 0.3 is 6.16 Å². The molecule has 2 fully saturated rings. The maximum absolute atomic E-state index is 11.9. The van der Waals surface area contributed by atoms with Crippen molar-refractivity contribution in [1.29, 1.82) is 0 Å². The average molecular weight is 367 g/mol. The molecule has 0 heterocycles. The maximum Gasteiger partial charge on any atom is 0.508 e. The summed E-state index contributed by atoms with van der Waals surface area (Å²) in [4.78, 5) is 11.9. The minimum absolute atomic E-state index is 0.309. The summed E-state index contributed by atoms with van der Waals surface area (Å²) < 4.78 is 10.9. The van der Waals surface area contributed by atoms with Crippen molar-refractivity contribution in [3.63, 3.8) is 0 Å². The fraction of sp³-hybridized carbons (Fsp3) is 0.957. The highest BCUT2D eigenvalue weighted by Gasteiger charge is 2.38. The van der Waals surface area contributed by atoms with E-state index in [1.165, 1.54) is 57.8 Å². The summed E-state index contributed by atoms with van der Waals surface area (Å²) in [6, 6.07) is 0. The Labute approximate surface area is 161 Å². The van der Waals surface area contributed by atoms with Crippen LogP contribution >= 0.6 is 0 Å². The summed E-state index contributed by atoms with van der Waals surface area (Å²) in [6.45, 7) is 7.04. The van der Waals surface area contributed by atoms with E-state index in [4.69, 9.17) is 9.47 Å². The number of carbonyl (C=O) groups excluding carboxylic acids is 1. The lowest BCUT2D eigenvalue weighted by atomic mass is 9.68. The molecule has 0 amide bonds. The number of hydrogen-bond acceptors (Lipinski definition) is 3. The molecular formula is C23H42O3. The van der Waals surface area contributed by atoms with Gasteiger partial charge in [-0.2, -0.15) is 0 Å². The van der Waals surface area contributed by atoms with Crippen LogP contribution in [-0.2, 0) is 9.47 Å². The van der Waals surface area contributed by atoms with E-state index in [0.717, 1.165) is 49.9 Å². The molecule has 0 bridgehead atoms. The number of rotatable bonds is 9. The molecule has 2 saturated carbocycles. The van der Waals surface area contributed by atoms with Gasteiger partial charge in [0.2, 0.25) is 0 Å². The van der Waals surface area contributed by atoms with Gasteiger partial charge in [-0.15, -0.1) is 0 Å². The van der Waals surface area contributed by atoms with E-state index in [0.29, 0.717) is 6.61 Å². The van der Waals surface area contributed by atoms with Crippen LogP contribution in [-0.4, -0.2) is 18.4 Å². The first-order valence-electron chi connectivity index (χ1n) is 11.4. The number of unbranched alkanes of at least 4 members (excludes halogenated alkanes) is 3. The van der Waals surface area contributed by atoms with E-state index in [1.54, 1.807) is 0 Å². The Morgan fingerprint density at radius 1 is 0.885 bits per heavy atom. The lowest BCUT2D eigenvalue weighted by Gasteiger charge is -2.41. The Kier molecular flexibility index (Phi) is 9.28. The van der Waals surface area contributed by atoms with Crippen LogP contribution in [0.1, 0.15) is 111 Å². The van der Waals surface area contributed by atoms with Gasteiger partial charge in [-0.1, -0.05) is 58.8 Å². The Morgan fingerprint density at radius 2 is 1.50 bits per heavy atom. The SMILES string of the molecule is CCCCCOC(=O)OC1(C)CCC(C2CCC(CCCC)CC2)CC1. The maximum atomic E-state index is 11.9. The van der Waals surface area contributed by atoms with Crippen molar-refractivity contribution < 1.29 is 14.3 Å². The Balaban J connectivity index is 1.65. The molecular weight excluding hydrogens is 324 g/mol. The molecule has 2 aliphatic carbocycles. The third-order valence-electron chi connectivity index (χ3n) is 6.91. The van der Waals surface area contributed by atoms with Crippen molar-refractivity contribution in [2.45, 2.75) is 116 Å². The fourth-order valence-electron chi connectivity index (χ4n) is 5.00. The van der Waals surface area contributed by atoms with E-state index in [-0.39, 0.29) is 5.60 Å². The van der Waals surface area contributed by atoms with Gasteiger partial charge in [0.05, 0.1) is 6.61 Å². The van der Waals surface area contributed by atoms with Crippen LogP contribution in [0.3, 0.4) is 0 Å². The van der Waals surface area contributed by atoms with Crippen molar-refractivity contribution in [2.24, 2.45) is 17.8 Å². The Bertz CT molecular complexity index is 390. The smallest absolute Gasteiger partial charge is 0.434 e. The summed E-state index contributed by atoms with van der Waals surface area (Å²) in [7, 11) is 0.